The van der Waals surface area contributed by atoms with E-state index < -0.39 is 5.41 Å². The minimum absolute atomic E-state index is 0.622. The fraction of sp³-hybridized carbons (Fsp3) is 0.333. The van der Waals surface area contributed by atoms with Crippen molar-refractivity contribution < 1.29 is 0 Å². The van der Waals surface area contributed by atoms with Crippen molar-refractivity contribution in [2.45, 2.75) is 84.5 Å². The van der Waals surface area contributed by atoms with Crippen molar-refractivity contribution >= 4 is 45.5 Å². The molecule has 0 unspecified atom stereocenters. The minimum atomic E-state index is -0.622. The van der Waals surface area contributed by atoms with Crippen molar-refractivity contribution in [3.63, 3.8) is 0 Å². The molecule has 0 saturated heterocycles. The van der Waals surface area contributed by atoms with Gasteiger partial charge in [0.1, 0.15) is 5.41 Å². The Hall–Kier alpha value is -5.34. The first-order valence-electron chi connectivity index (χ1n) is 20.0. The Bertz CT molecular complexity index is 1970. The van der Waals surface area contributed by atoms with Crippen LogP contribution in [0.25, 0.3) is 0 Å². The van der Waals surface area contributed by atoms with E-state index in [4.69, 9.17) is 0 Å². The zero-order valence-corrected chi connectivity index (χ0v) is 31.8. The molecule has 0 aliphatic carbocycles. The topological polar surface area (TPSA) is 34.4 Å². The fourth-order valence-corrected chi connectivity index (χ4v) is 8.81. The predicted octanol–water partition coefficient (Wildman–Crippen LogP) is 13.2. The molecule has 0 aromatic heterocycles. The predicted molar refractivity (Wildman–Crippen MR) is 223 cm³/mol. The molecule has 0 atom stereocenters. The summed E-state index contributed by atoms with van der Waals surface area (Å²) in [5.74, 6) is 7.79. The Labute approximate surface area is 316 Å². The number of aryl methyl sites for hydroxylation is 1. The second-order valence-electron chi connectivity index (χ2n) is 14.7. The van der Waals surface area contributed by atoms with E-state index in [1.54, 1.807) is 0 Å². The first-order chi connectivity index (χ1) is 26.1. The third-order valence-corrected chi connectivity index (χ3v) is 11.1. The number of hydrogen-bond donors (Lipinski definition) is 0. The van der Waals surface area contributed by atoms with Crippen molar-refractivity contribution in [2.75, 3.05) is 34.3 Å². The van der Waals surface area contributed by atoms with Crippen molar-refractivity contribution in [3.05, 3.63) is 131 Å². The number of benzene rings is 5. The molecule has 53 heavy (non-hydrogen) atoms. The lowest BCUT2D eigenvalue weighted by molar-refractivity contribution is 0.667. The van der Waals surface area contributed by atoms with E-state index in [2.05, 4.69) is 155 Å². The van der Waals surface area contributed by atoms with Gasteiger partial charge in [0.2, 0.25) is 0 Å². The molecule has 3 aliphatic rings. The zero-order valence-electron chi connectivity index (χ0n) is 31.8. The zero-order chi connectivity index (χ0) is 36.4. The van der Waals surface area contributed by atoms with Gasteiger partial charge in [0, 0.05) is 76.0 Å². The Morgan fingerprint density at radius 2 is 0.887 bits per heavy atom. The van der Waals surface area contributed by atoms with Gasteiger partial charge in [-0.15, -0.1) is 0 Å². The Balaban J connectivity index is 1.22. The molecular formula is C48H51N5. The monoisotopic (exact) mass is 697 g/mol. The van der Waals surface area contributed by atoms with Crippen LogP contribution in [0, 0.1) is 11.8 Å². The van der Waals surface area contributed by atoms with E-state index in [1.165, 1.54) is 82.1 Å². The summed E-state index contributed by atoms with van der Waals surface area (Å²) in [7, 11) is 0. The number of nitrogens with zero attached hydrogens (tertiary/aromatic N) is 5. The first kappa shape index (κ1) is 34.7. The second-order valence-corrected chi connectivity index (χ2v) is 14.7. The molecule has 8 rings (SSSR count). The highest BCUT2D eigenvalue weighted by atomic mass is 15.2. The molecule has 5 aromatic rings. The summed E-state index contributed by atoms with van der Waals surface area (Å²) in [6, 6.07) is 37.5. The Kier molecular flexibility index (Phi) is 9.80. The second kappa shape index (κ2) is 15.0. The molecule has 0 spiro atoms. The maximum atomic E-state index is 4.58. The number of anilines is 6. The van der Waals surface area contributed by atoms with Crippen LogP contribution >= 0.6 is 0 Å². The molecule has 0 N–H and O–H groups in total. The van der Waals surface area contributed by atoms with Gasteiger partial charge in [0.25, 0.3) is 0 Å². The van der Waals surface area contributed by atoms with Gasteiger partial charge in [0.15, 0.2) is 0 Å². The van der Waals surface area contributed by atoms with Gasteiger partial charge in [0.05, 0.1) is 11.4 Å². The SMILES string of the molecule is CCCCCCc1ccc(N=Nc2ccc(C#CC34c5c6cccc5N(CCC)c5cccc(c53)N(CCC)c3cccc(c34)N6CCC)cc2)cc1. The molecular weight excluding hydrogens is 647 g/mol. The first-order valence-corrected chi connectivity index (χ1v) is 20.0. The smallest absolute Gasteiger partial charge is 0.119 e. The number of unbranched alkanes of at least 4 members (excludes halogenated alkanes) is 3. The Morgan fingerprint density at radius 1 is 0.472 bits per heavy atom. The van der Waals surface area contributed by atoms with Gasteiger partial charge in [-0.3, -0.25) is 0 Å². The summed E-state index contributed by atoms with van der Waals surface area (Å²) < 4.78 is 0. The third-order valence-electron chi connectivity index (χ3n) is 11.1. The molecule has 0 fully saturated rings. The van der Waals surface area contributed by atoms with Gasteiger partial charge in [-0.05, 0) is 110 Å². The van der Waals surface area contributed by atoms with E-state index >= 15 is 0 Å². The van der Waals surface area contributed by atoms with Crippen molar-refractivity contribution in [1.82, 2.24) is 0 Å². The summed E-state index contributed by atoms with van der Waals surface area (Å²) in [5.41, 5.74) is 15.0. The highest BCUT2D eigenvalue weighted by Crippen LogP contribution is 2.66. The summed E-state index contributed by atoms with van der Waals surface area (Å²) in [6.07, 6.45) is 9.40. The molecule has 3 heterocycles. The van der Waals surface area contributed by atoms with Crippen LogP contribution in [0.1, 0.15) is 100 Å². The van der Waals surface area contributed by atoms with Crippen LogP contribution in [-0.2, 0) is 11.8 Å². The van der Waals surface area contributed by atoms with Crippen molar-refractivity contribution in [2.24, 2.45) is 10.2 Å². The van der Waals surface area contributed by atoms with E-state index in [9.17, 15) is 0 Å². The molecule has 0 radical (unpaired) electrons. The summed E-state index contributed by atoms with van der Waals surface area (Å²) in [5, 5.41) is 9.13. The largest absolute Gasteiger partial charge is 0.341 e. The average Bonchev–Trinajstić information content (AvgIpc) is 3.20. The van der Waals surface area contributed by atoms with E-state index in [0.29, 0.717) is 0 Å². The van der Waals surface area contributed by atoms with Crippen molar-refractivity contribution in [3.8, 4) is 11.8 Å². The minimum Gasteiger partial charge on any atom is -0.341 e. The van der Waals surface area contributed by atoms with Crippen LogP contribution in [0.2, 0.25) is 0 Å². The molecule has 3 aliphatic heterocycles. The van der Waals surface area contributed by atoms with Crippen LogP contribution in [0.4, 0.5) is 45.5 Å². The fourth-order valence-electron chi connectivity index (χ4n) is 8.81. The lowest BCUT2D eigenvalue weighted by atomic mass is 9.61. The highest BCUT2D eigenvalue weighted by molar-refractivity contribution is 6.02. The number of rotatable bonds is 13. The van der Waals surface area contributed by atoms with Crippen LogP contribution in [0.3, 0.4) is 0 Å². The van der Waals surface area contributed by atoms with E-state index in [0.717, 1.165) is 62.3 Å². The highest BCUT2D eigenvalue weighted by Gasteiger charge is 2.55. The van der Waals surface area contributed by atoms with Crippen LogP contribution in [0.15, 0.2) is 113 Å². The standard InChI is InChI=1S/C48H51N5/c1-5-9-10-11-15-35-22-26-37(27-23-35)49-50-38-28-24-36(25-29-38)30-31-48-45-39-16-12-18-41(45)52(33-7-3)43-20-14-21-44(47(43)48)53(34-8-4)42-19-13-17-40(46(42)48)51(39)32-6-2/h12-14,16-29H,5-11,15,32-34H2,1-4H3. The lowest BCUT2D eigenvalue weighted by Gasteiger charge is -2.54. The van der Waals surface area contributed by atoms with Gasteiger partial charge in [-0.1, -0.05) is 89.1 Å². The van der Waals surface area contributed by atoms with Gasteiger partial charge >= 0.3 is 0 Å². The summed E-state index contributed by atoms with van der Waals surface area (Å²) in [6.45, 7) is 11.9. The van der Waals surface area contributed by atoms with Crippen LogP contribution in [-0.4, -0.2) is 19.6 Å². The summed E-state index contributed by atoms with van der Waals surface area (Å²) in [4.78, 5) is 7.68. The third kappa shape index (κ3) is 5.99. The molecule has 0 saturated carbocycles. The quantitative estimate of drug-likeness (QED) is 0.0698. The van der Waals surface area contributed by atoms with E-state index in [-0.39, 0.29) is 0 Å². The van der Waals surface area contributed by atoms with E-state index in [1.807, 2.05) is 12.1 Å². The number of hydrogen-bond acceptors (Lipinski definition) is 5. The molecule has 5 nitrogen and oxygen atoms in total. The maximum Gasteiger partial charge on any atom is 0.119 e. The average molecular weight is 698 g/mol. The van der Waals surface area contributed by atoms with Gasteiger partial charge in [-0.2, -0.15) is 10.2 Å². The Morgan fingerprint density at radius 3 is 1.28 bits per heavy atom. The molecule has 0 bridgehead atoms. The van der Waals surface area contributed by atoms with Crippen LogP contribution in [0.5, 0.6) is 0 Å². The molecule has 5 heteroatoms. The van der Waals surface area contributed by atoms with Crippen LogP contribution < -0.4 is 14.7 Å². The van der Waals surface area contributed by atoms with Gasteiger partial charge < -0.3 is 14.7 Å². The molecule has 5 aromatic carbocycles. The normalized spacial score (nSPS) is 14.3. The molecule has 0 amide bonds. The van der Waals surface area contributed by atoms with Crippen molar-refractivity contribution in [1.29, 1.82) is 0 Å². The maximum absolute atomic E-state index is 4.58. The lowest BCUT2D eigenvalue weighted by Crippen LogP contribution is -2.47. The number of azo groups is 1. The summed E-state index contributed by atoms with van der Waals surface area (Å²) >= 11 is 0. The molecule has 268 valence electrons. The van der Waals surface area contributed by atoms with Gasteiger partial charge in [-0.25, -0.2) is 0 Å².